The van der Waals surface area contributed by atoms with Gasteiger partial charge < -0.3 is 10.6 Å². The average Bonchev–Trinajstić information content (AvgIpc) is 2.81. The van der Waals surface area contributed by atoms with E-state index in [1.165, 1.54) is 0 Å². The molecule has 0 aliphatic heterocycles. The molecule has 76 valence electrons. The van der Waals surface area contributed by atoms with Gasteiger partial charge in [0.1, 0.15) is 0 Å². The molecule has 1 aliphatic rings. The topological polar surface area (TPSA) is 41.1 Å². The van der Waals surface area contributed by atoms with Gasteiger partial charge in [-0.3, -0.25) is 4.79 Å². The van der Waals surface area contributed by atoms with Gasteiger partial charge in [0.05, 0.1) is 6.54 Å². The van der Waals surface area contributed by atoms with Crippen molar-refractivity contribution in [2.45, 2.75) is 39.2 Å². The van der Waals surface area contributed by atoms with Gasteiger partial charge in [0, 0.05) is 6.04 Å². The molecule has 3 heteroatoms. The summed E-state index contributed by atoms with van der Waals surface area (Å²) in [5.74, 6) is 0.852. The lowest BCUT2D eigenvalue weighted by Gasteiger charge is -2.06. The van der Waals surface area contributed by atoms with Crippen molar-refractivity contribution in [3.05, 3.63) is 0 Å². The quantitative estimate of drug-likeness (QED) is 0.602. The van der Waals surface area contributed by atoms with Crippen LogP contribution in [0.25, 0.3) is 0 Å². The first-order chi connectivity index (χ1) is 6.18. The van der Waals surface area contributed by atoms with Crippen LogP contribution in [0.15, 0.2) is 0 Å². The van der Waals surface area contributed by atoms with Crippen molar-refractivity contribution in [3.63, 3.8) is 0 Å². The Morgan fingerprint density at radius 1 is 1.46 bits per heavy atom. The van der Waals surface area contributed by atoms with Crippen molar-refractivity contribution in [1.29, 1.82) is 0 Å². The summed E-state index contributed by atoms with van der Waals surface area (Å²) in [5, 5.41) is 6.08. The molecule has 13 heavy (non-hydrogen) atoms. The fourth-order valence-corrected chi connectivity index (χ4v) is 1.10. The number of nitrogens with one attached hydrogen (secondary N) is 2. The maximum atomic E-state index is 11.2. The zero-order chi connectivity index (χ0) is 9.68. The SMILES string of the molecule is CC(C)CCNCC(=O)NC1CC1. The van der Waals surface area contributed by atoms with Gasteiger partial charge in [0.2, 0.25) is 5.91 Å². The lowest BCUT2D eigenvalue weighted by atomic mass is 10.1. The highest BCUT2D eigenvalue weighted by atomic mass is 16.2. The third kappa shape index (κ3) is 5.64. The Kier molecular flexibility index (Phi) is 4.22. The second kappa shape index (κ2) is 5.22. The summed E-state index contributed by atoms with van der Waals surface area (Å²) < 4.78 is 0. The van der Waals surface area contributed by atoms with Crippen molar-refractivity contribution >= 4 is 5.91 Å². The third-order valence-electron chi connectivity index (χ3n) is 2.13. The number of carbonyl (C=O) groups excluding carboxylic acids is 1. The molecule has 3 nitrogen and oxygen atoms in total. The molecule has 0 unspecified atom stereocenters. The Hall–Kier alpha value is -0.570. The molecule has 0 radical (unpaired) electrons. The van der Waals surface area contributed by atoms with E-state index in [-0.39, 0.29) is 5.91 Å². The largest absolute Gasteiger partial charge is 0.352 e. The Morgan fingerprint density at radius 2 is 2.15 bits per heavy atom. The van der Waals surface area contributed by atoms with E-state index >= 15 is 0 Å². The van der Waals surface area contributed by atoms with Crippen LogP contribution in [0.5, 0.6) is 0 Å². The second-order valence-electron chi connectivity index (χ2n) is 4.20. The molecule has 1 saturated carbocycles. The number of carbonyl (C=O) groups is 1. The summed E-state index contributed by atoms with van der Waals surface area (Å²) >= 11 is 0. The lowest BCUT2D eigenvalue weighted by molar-refractivity contribution is -0.120. The molecule has 0 aromatic carbocycles. The van der Waals surface area contributed by atoms with Crippen LogP contribution in [-0.2, 0) is 4.79 Å². The van der Waals surface area contributed by atoms with Crippen LogP contribution < -0.4 is 10.6 Å². The normalized spacial score (nSPS) is 16.2. The minimum Gasteiger partial charge on any atom is -0.352 e. The van der Waals surface area contributed by atoms with Crippen molar-refractivity contribution in [3.8, 4) is 0 Å². The Labute approximate surface area is 80.3 Å². The maximum Gasteiger partial charge on any atom is 0.234 e. The van der Waals surface area contributed by atoms with E-state index in [0.29, 0.717) is 18.5 Å². The molecule has 0 aromatic rings. The summed E-state index contributed by atoms with van der Waals surface area (Å²) in [6.45, 7) is 5.79. The zero-order valence-corrected chi connectivity index (χ0v) is 8.60. The summed E-state index contributed by atoms with van der Waals surface area (Å²) in [7, 11) is 0. The van der Waals surface area contributed by atoms with E-state index in [2.05, 4.69) is 24.5 Å². The molecule has 1 aliphatic carbocycles. The summed E-state index contributed by atoms with van der Waals surface area (Å²) in [6, 6.07) is 0.486. The second-order valence-corrected chi connectivity index (χ2v) is 4.20. The number of hydrogen-bond acceptors (Lipinski definition) is 2. The van der Waals surface area contributed by atoms with Crippen LogP contribution in [0.2, 0.25) is 0 Å². The summed E-state index contributed by atoms with van der Waals surface area (Å²) in [6.07, 6.45) is 3.46. The van der Waals surface area contributed by atoms with Crippen LogP contribution >= 0.6 is 0 Å². The molecule has 2 N–H and O–H groups in total. The molecular weight excluding hydrogens is 164 g/mol. The van der Waals surface area contributed by atoms with Gasteiger partial charge in [0.15, 0.2) is 0 Å². The van der Waals surface area contributed by atoms with E-state index in [4.69, 9.17) is 0 Å². The summed E-state index contributed by atoms with van der Waals surface area (Å²) in [4.78, 5) is 11.2. The fraction of sp³-hybridized carbons (Fsp3) is 0.900. The fourth-order valence-electron chi connectivity index (χ4n) is 1.10. The molecule has 0 aromatic heterocycles. The molecule has 0 heterocycles. The standard InChI is InChI=1S/C10H20N2O/c1-8(2)5-6-11-7-10(13)12-9-3-4-9/h8-9,11H,3-7H2,1-2H3,(H,12,13). The van der Waals surface area contributed by atoms with Gasteiger partial charge in [0.25, 0.3) is 0 Å². The first kappa shape index (κ1) is 10.5. The first-order valence-corrected chi connectivity index (χ1v) is 5.18. The van der Waals surface area contributed by atoms with E-state index in [1.54, 1.807) is 0 Å². The highest BCUT2D eigenvalue weighted by molar-refractivity contribution is 5.78. The van der Waals surface area contributed by atoms with Gasteiger partial charge >= 0.3 is 0 Å². The van der Waals surface area contributed by atoms with Crippen molar-refractivity contribution < 1.29 is 4.79 Å². The molecule has 0 saturated heterocycles. The van der Waals surface area contributed by atoms with Gasteiger partial charge in [-0.05, 0) is 31.7 Å². The molecule has 1 fully saturated rings. The van der Waals surface area contributed by atoms with Gasteiger partial charge in [-0.2, -0.15) is 0 Å². The van der Waals surface area contributed by atoms with Crippen LogP contribution in [0.1, 0.15) is 33.1 Å². The Balaban J connectivity index is 1.89. The smallest absolute Gasteiger partial charge is 0.234 e. The highest BCUT2D eigenvalue weighted by Crippen LogP contribution is 2.18. The molecule has 1 amide bonds. The van der Waals surface area contributed by atoms with Gasteiger partial charge in [-0.15, -0.1) is 0 Å². The number of hydrogen-bond donors (Lipinski definition) is 2. The predicted octanol–water partition coefficient (Wildman–Crippen LogP) is 0.901. The van der Waals surface area contributed by atoms with Gasteiger partial charge in [-0.1, -0.05) is 13.8 Å². The van der Waals surface area contributed by atoms with Crippen LogP contribution in [0.4, 0.5) is 0 Å². The van der Waals surface area contributed by atoms with Crippen molar-refractivity contribution in [1.82, 2.24) is 10.6 Å². The van der Waals surface area contributed by atoms with Crippen molar-refractivity contribution in [2.75, 3.05) is 13.1 Å². The van der Waals surface area contributed by atoms with E-state index in [1.807, 2.05) is 0 Å². The third-order valence-corrected chi connectivity index (χ3v) is 2.13. The number of amides is 1. The maximum absolute atomic E-state index is 11.2. The molecule has 1 rings (SSSR count). The highest BCUT2D eigenvalue weighted by Gasteiger charge is 2.22. The molecular formula is C10H20N2O. The summed E-state index contributed by atoms with van der Waals surface area (Å²) in [5.41, 5.74) is 0. The average molecular weight is 184 g/mol. The van der Waals surface area contributed by atoms with Crippen molar-refractivity contribution in [2.24, 2.45) is 5.92 Å². The molecule has 0 bridgehead atoms. The Morgan fingerprint density at radius 3 is 2.69 bits per heavy atom. The Bertz CT molecular complexity index is 164. The predicted molar refractivity (Wildman–Crippen MR) is 53.5 cm³/mol. The van der Waals surface area contributed by atoms with E-state index in [9.17, 15) is 4.79 Å². The molecule has 0 spiro atoms. The van der Waals surface area contributed by atoms with Gasteiger partial charge in [-0.25, -0.2) is 0 Å². The van der Waals surface area contributed by atoms with Crippen LogP contribution in [-0.4, -0.2) is 25.0 Å². The van der Waals surface area contributed by atoms with E-state index in [0.717, 1.165) is 25.8 Å². The number of rotatable bonds is 6. The monoisotopic (exact) mass is 184 g/mol. The van der Waals surface area contributed by atoms with Crippen LogP contribution in [0, 0.1) is 5.92 Å². The minimum absolute atomic E-state index is 0.145. The lowest BCUT2D eigenvalue weighted by Crippen LogP contribution is -2.35. The first-order valence-electron chi connectivity index (χ1n) is 5.18. The zero-order valence-electron chi connectivity index (χ0n) is 8.60. The molecule has 0 atom stereocenters. The van der Waals surface area contributed by atoms with Crippen LogP contribution in [0.3, 0.4) is 0 Å². The van der Waals surface area contributed by atoms with E-state index < -0.39 is 0 Å². The minimum atomic E-state index is 0.145.